The number of aryl methyl sites for hydroxylation is 1. The number of rotatable bonds is 5. The van der Waals surface area contributed by atoms with Crippen LogP contribution in [0.3, 0.4) is 0 Å². The molecule has 152 valence electrons. The number of nitrogens with one attached hydrogen (secondary N) is 1. The Bertz CT molecular complexity index is 801. The monoisotopic (exact) mass is 387 g/mol. The molecule has 4 bridgehead atoms. The topological polar surface area (TPSA) is 85.5 Å². The van der Waals surface area contributed by atoms with Gasteiger partial charge in [-0.1, -0.05) is 0 Å². The van der Waals surface area contributed by atoms with Gasteiger partial charge in [0.05, 0.1) is 23.8 Å². The van der Waals surface area contributed by atoms with E-state index in [0.717, 1.165) is 19.3 Å². The van der Waals surface area contributed by atoms with Crippen molar-refractivity contribution in [3.05, 3.63) is 22.5 Å². The molecular weight excluding hydrogens is 358 g/mol. The maximum Gasteiger partial charge on any atom is 0.339 e. The zero-order valence-corrected chi connectivity index (χ0v) is 17.1. The summed E-state index contributed by atoms with van der Waals surface area (Å²) in [5.74, 6) is 0.918. The molecule has 1 N–H and O–H groups in total. The quantitative estimate of drug-likeness (QED) is 0.614. The average molecular weight is 387 g/mol. The van der Waals surface area contributed by atoms with Crippen LogP contribution < -0.4 is 0 Å². The van der Waals surface area contributed by atoms with E-state index in [2.05, 4.69) is 4.98 Å². The predicted octanol–water partition coefficient (Wildman–Crippen LogP) is 3.75. The van der Waals surface area contributed by atoms with Gasteiger partial charge in [-0.05, 0) is 82.6 Å². The lowest BCUT2D eigenvalue weighted by Crippen LogP contribution is -2.51. The van der Waals surface area contributed by atoms with Crippen molar-refractivity contribution >= 4 is 17.7 Å². The smallest absolute Gasteiger partial charge is 0.339 e. The lowest BCUT2D eigenvalue weighted by Gasteiger charge is -2.55. The molecule has 0 unspecified atom stereocenters. The Labute approximate surface area is 165 Å². The molecule has 0 radical (unpaired) electrons. The Morgan fingerprint density at radius 3 is 2.07 bits per heavy atom. The highest BCUT2D eigenvalue weighted by atomic mass is 16.5. The number of methoxy groups -OCH3 is 1. The van der Waals surface area contributed by atoms with Crippen LogP contribution in [0.25, 0.3) is 0 Å². The van der Waals surface area contributed by atoms with Gasteiger partial charge in [-0.3, -0.25) is 9.59 Å². The second-order valence-corrected chi connectivity index (χ2v) is 9.23. The highest BCUT2D eigenvalue weighted by Gasteiger charge is 2.55. The number of hydrogen-bond acceptors (Lipinski definition) is 5. The number of H-pyrrole nitrogens is 1. The number of ether oxygens (including phenoxy) is 2. The summed E-state index contributed by atoms with van der Waals surface area (Å²) in [6.07, 6.45) is 5.58. The second-order valence-electron chi connectivity index (χ2n) is 9.23. The number of Topliss-reactive ketones (excluding diaryl/α,β-unsaturated/α-hetero) is 1. The number of aromatic nitrogens is 1. The van der Waals surface area contributed by atoms with Crippen molar-refractivity contribution in [1.29, 1.82) is 0 Å². The molecule has 0 aromatic carbocycles. The maximum absolute atomic E-state index is 13.1. The van der Waals surface area contributed by atoms with E-state index in [1.54, 1.807) is 20.8 Å². The van der Waals surface area contributed by atoms with Gasteiger partial charge >= 0.3 is 11.9 Å². The molecule has 4 aliphatic rings. The first kappa shape index (κ1) is 19.2. The fourth-order valence-electron chi connectivity index (χ4n) is 6.31. The minimum atomic E-state index is -0.886. The van der Waals surface area contributed by atoms with Crippen LogP contribution in [0, 0.1) is 37.0 Å². The normalized spacial score (nSPS) is 31.5. The fraction of sp³-hybridized carbons (Fsp3) is 0.682. The molecule has 1 atom stereocenters. The van der Waals surface area contributed by atoms with Crippen LogP contribution in [0.4, 0.5) is 0 Å². The lowest BCUT2D eigenvalue weighted by molar-refractivity contribution is -0.174. The first-order valence-corrected chi connectivity index (χ1v) is 10.3. The van der Waals surface area contributed by atoms with Crippen molar-refractivity contribution < 1.29 is 23.9 Å². The van der Waals surface area contributed by atoms with Crippen LogP contribution in [0.15, 0.2) is 0 Å². The average Bonchev–Trinajstić information content (AvgIpc) is 2.93. The molecule has 0 saturated heterocycles. The van der Waals surface area contributed by atoms with Crippen LogP contribution in [0.1, 0.15) is 77.6 Å². The summed E-state index contributed by atoms with van der Waals surface area (Å²) in [5, 5.41) is 0. The number of esters is 2. The Balaban J connectivity index is 1.50. The molecule has 4 aliphatic carbocycles. The number of carbonyl (C=O) groups excluding carboxylic acids is 3. The molecule has 4 saturated carbocycles. The third-order valence-corrected chi connectivity index (χ3v) is 7.20. The highest BCUT2D eigenvalue weighted by molar-refractivity contribution is 6.04. The van der Waals surface area contributed by atoms with Crippen LogP contribution in [0.2, 0.25) is 0 Å². The van der Waals surface area contributed by atoms with Gasteiger partial charge in [0.25, 0.3) is 0 Å². The van der Waals surface area contributed by atoms with Crippen molar-refractivity contribution in [3.8, 4) is 0 Å². The van der Waals surface area contributed by atoms with Gasteiger partial charge in [-0.25, -0.2) is 4.79 Å². The third-order valence-electron chi connectivity index (χ3n) is 7.20. The van der Waals surface area contributed by atoms with Gasteiger partial charge in [0.1, 0.15) is 0 Å². The van der Waals surface area contributed by atoms with Crippen LogP contribution in [0.5, 0.6) is 0 Å². The van der Waals surface area contributed by atoms with Crippen molar-refractivity contribution in [2.45, 2.75) is 65.4 Å². The molecule has 0 amide bonds. The molecule has 5 rings (SSSR count). The minimum absolute atomic E-state index is 0.207. The van der Waals surface area contributed by atoms with E-state index < -0.39 is 12.1 Å². The van der Waals surface area contributed by atoms with Crippen molar-refractivity contribution in [1.82, 2.24) is 4.98 Å². The lowest BCUT2D eigenvalue weighted by atomic mass is 9.49. The summed E-state index contributed by atoms with van der Waals surface area (Å²) in [4.78, 5) is 41.0. The van der Waals surface area contributed by atoms with E-state index in [0.29, 0.717) is 40.3 Å². The van der Waals surface area contributed by atoms with Crippen LogP contribution in [-0.2, 0) is 14.3 Å². The minimum Gasteiger partial charge on any atom is -0.465 e. The standard InChI is InChI=1S/C22H29NO5/c1-11-17(20(25)27-4)12(2)23-18(11)19(24)13(3)28-21(26)22-8-14-5-15(9-22)7-16(6-14)10-22/h13-16,23H,5-10H2,1-4H3/t13-,14?,15?,16?,22?/m0/s1. The zero-order valence-electron chi connectivity index (χ0n) is 17.1. The molecule has 0 aliphatic heterocycles. The summed E-state index contributed by atoms with van der Waals surface area (Å²) in [7, 11) is 1.31. The van der Waals surface area contributed by atoms with Crippen molar-refractivity contribution in [3.63, 3.8) is 0 Å². The molecule has 6 nitrogen and oxygen atoms in total. The maximum atomic E-state index is 13.1. The zero-order chi connectivity index (χ0) is 20.2. The van der Waals surface area contributed by atoms with Gasteiger partial charge in [-0.2, -0.15) is 0 Å². The number of ketones is 1. The Hall–Kier alpha value is -2.11. The van der Waals surface area contributed by atoms with E-state index >= 15 is 0 Å². The molecule has 1 heterocycles. The van der Waals surface area contributed by atoms with Gasteiger partial charge in [0, 0.05) is 5.69 Å². The Morgan fingerprint density at radius 1 is 1.04 bits per heavy atom. The second kappa shape index (κ2) is 6.75. The van der Waals surface area contributed by atoms with Gasteiger partial charge in [0.2, 0.25) is 5.78 Å². The van der Waals surface area contributed by atoms with Gasteiger partial charge < -0.3 is 14.5 Å². The summed E-state index contributed by atoms with van der Waals surface area (Å²) in [5.41, 5.74) is 1.40. The predicted molar refractivity (Wildman–Crippen MR) is 102 cm³/mol. The SMILES string of the molecule is COC(=O)c1c(C)[nH]c(C(=O)[C@H](C)OC(=O)C23CC4CC(CC(C4)C2)C3)c1C. The highest BCUT2D eigenvalue weighted by Crippen LogP contribution is 2.60. The van der Waals surface area contributed by atoms with Gasteiger partial charge in [0.15, 0.2) is 6.10 Å². The Kier molecular flexibility index (Phi) is 4.63. The summed E-state index contributed by atoms with van der Waals surface area (Å²) in [6.45, 7) is 5.05. The Morgan fingerprint density at radius 2 is 1.57 bits per heavy atom. The van der Waals surface area contributed by atoms with Crippen molar-refractivity contribution in [2.24, 2.45) is 23.2 Å². The number of aromatic amines is 1. The largest absolute Gasteiger partial charge is 0.465 e. The first-order valence-electron chi connectivity index (χ1n) is 10.3. The van der Waals surface area contributed by atoms with Crippen molar-refractivity contribution in [2.75, 3.05) is 7.11 Å². The van der Waals surface area contributed by atoms with Crippen LogP contribution >= 0.6 is 0 Å². The van der Waals surface area contributed by atoms with E-state index in [9.17, 15) is 14.4 Å². The number of hydrogen-bond donors (Lipinski definition) is 1. The molecule has 1 aromatic rings. The molecule has 6 heteroatoms. The molecular formula is C22H29NO5. The van der Waals surface area contributed by atoms with E-state index in [-0.39, 0.29) is 17.2 Å². The van der Waals surface area contributed by atoms with E-state index in [1.807, 2.05) is 0 Å². The summed E-state index contributed by atoms with van der Waals surface area (Å²) < 4.78 is 10.5. The fourth-order valence-corrected chi connectivity index (χ4v) is 6.31. The molecule has 28 heavy (non-hydrogen) atoms. The summed E-state index contributed by atoms with van der Waals surface area (Å²) in [6, 6.07) is 0. The number of carbonyl (C=O) groups is 3. The molecule has 1 aromatic heterocycles. The van der Waals surface area contributed by atoms with E-state index in [4.69, 9.17) is 9.47 Å². The van der Waals surface area contributed by atoms with E-state index in [1.165, 1.54) is 26.4 Å². The summed E-state index contributed by atoms with van der Waals surface area (Å²) >= 11 is 0. The van der Waals surface area contributed by atoms with Gasteiger partial charge in [-0.15, -0.1) is 0 Å². The van der Waals surface area contributed by atoms with Crippen LogP contribution in [-0.4, -0.2) is 35.9 Å². The first-order chi connectivity index (χ1) is 13.2. The molecule has 4 fully saturated rings. The third kappa shape index (κ3) is 2.97. The molecule has 0 spiro atoms.